The lowest BCUT2D eigenvalue weighted by Gasteiger charge is -2.30. The van der Waals surface area contributed by atoms with E-state index in [2.05, 4.69) is 21.2 Å². The van der Waals surface area contributed by atoms with Crippen LogP contribution in [0.5, 0.6) is 11.5 Å². The van der Waals surface area contributed by atoms with Crippen molar-refractivity contribution in [3.63, 3.8) is 0 Å². The molecule has 0 aliphatic heterocycles. The molecule has 0 unspecified atom stereocenters. The van der Waals surface area contributed by atoms with Crippen molar-refractivity contribution in [1.29, 1.82) is 0 Å². The second-order valence-corrected chi connectivity index (χ2v) is 8.75. The molecular formula is C25H33BrN2O4. The van der Waals surface area contributed by atoms with E-state index in [-0.39, 0.29) is 24.3 Å². The van der Waals surface area contributed by atoms with Gasteiger partial charge < -0.3 is 19.7 Å². The number of aryl methyl sites for hydroxylation is 1. The number of rotatable bonds is 11. The van der Waals surface area contributed by atoms with E-state index in [9.17, 15) is 9.59 Å². The molecule has 7 heteroatoms. The fraction of sp³-hybridized carbons (Fsp3) is 0.440. The Labute approximate surface area is 199 Å². The van der Waals surface area contributed by atoms with Gasteiger partial charge in [0.05, 0.1) is 14.2 Å². The minimum atomic E-state index is -0.583. The fourth-order valence-corrected chi connectivity index (χ4v) is 3.76. The summed E-state index contributed by atoms with van der Waals surface area (Å²) in [6, 6.07) is 12.9. The lowest BCUT2D eigenvalue weighted by molar-refractivity contribution is -0.140. The van der Waals surface area contributed by atoms with Crippen LogP contribution in [0, 0.1) is 0 Å². The summed E-state index contributed by atoms with van der Waals surface area (Å²) in [6.45, 7) is 6.12. The van der Waals surface area contributed by atoms with Crippen LogP contribution < -0.4 is 14.8 Å². The Balaban J connectivity index is 2.18. The molecule has 32 heavy (non-hydrogen) atoms. The summed E-state index contributed by atoms with van der Waals surface area (Å²) in [4.78, 5) is 27.7. The van der Waals surface area contributed by atoms with E-state index in [4.69, 9.17) is 9.47 Å². The van der Waals surface area contributed by atoms with Crippen LogP contribution in [0.3, 0.4) is 0 Å². The van der Waals surface area contributed by atoms with Crippen LogP contribution in [0.4, 0.5) is 0 Å². The van der Waals surface area contributed by atoms with Gasteiger partial charge in [-0.25, -0.2) is 0 Å². The van der Waals surface area contributed by atoms with E-state index in [1.54, 1.807) is 26.0 Å². The zero-order valence-electron chi connectivity index (χ0n) is 19.5. The predicted octanol–water partition coefficient (Wildman–Crippen LogP) is 4.73. The number of methoxy groups -OCH3 is 2. The van der Waals surface area contributed by atoms with Crippen molar-refractivity contribution >= 4 is 27.7 Å². The Hall–Kier alpha value is -2.54. The van der Waals surface area contributed by atoms with Gasteiger partial charge in [0.1, 0.15) is 6.04 Å². The number of nitrogens with zero attached hydrogens (tertiary/aromatic N) is 1. The third-order valence-electron chi connectivity index (χ3n) is 5.49. The van der Waals surface area contributed by atoms with Crippen molar-refractivity contribution in [2.24, 2.45) is 0 Å². The highest BCUT2D eigenvalue weighted by Gasteiger charge is 2.26. The molecule has 0 aromatic heterocycles. The van der Waals surface area contributed by atoms with E-state index >= 15 is 0 Å². The van der Waals surface area contributed by atoms with Crippen molar-refractivity contribution in [2.45, 2.75) is 58.7 Å². The highest BCUT2D eigenvalue weighted by Crippen LogP contribution is 2.28. The Morgan fingerprint density at radius 1 is 1.03 bits per heavy atom. The molecule has 0 bridgehead atoms. The van der Waals surface area contributed by atoms with Crippen molar-refractivity contribution in [1.82, 2.24) is 10.2 Å². The molecular weight excluding hydrogens is 472 g/mol. The monoisotopic (exact) mass is 504 g/mol. The summed E-state index contributed by atoms with van der Waals surface area (Å²) >= 11 is 3.48. The number of amides is 2. The smallest absolute Gasteiger partial charge is 0.242 e. The van der Waals surface area contributed by atoms with Gasteiger partial charge in [-0.15, -0.1) is 0 Å². The molecule has 0 radical (unpaired) electrons. The Morgan fingerprint density at radius 3 is 2.38 bits per heavy atom. The first-order valence-electron chi connectivity index (χ1n) is 10.8. The summed E-state index contributed by atoms with van der Waals surface area (Å²) in [5.74, 6) is 1.05. The highest BCUT2D eigenvalue weighted by molar-refractivity contribution is 9.10. The number of benzene rings is 2. The first kappa shape index (κ1) is 25.7. The van der Waals surface area contributed by atoms with Gasteiger partial charge in [-0.2, -0.15) is 0 Å². The number of hydrogen-bond donors (Lipinski definition) is 1. The van der Waals surface area contributed by atoms with Crippen LogP contribution >= 0.6 is 15.9 Å². The normalized spacial score (nSPS) is 12.6. The SMILES string of the molecule is CC[C@@H](C)NC(=O)[C@H](C)N(Cc1cccc(Br)c1)C(=O)CCc1ccc(OC)c(OC)c1. The quantitative estimate of drug-likeness (QED) is 0.480. The summed E-state index contributed by atoms with van der Waals surface area (Å²) in [5, 5.41) is 2.99. The number of halogens is 1. The topological polar surface area (TPSA) is 67.9 Å². The average molecular weight is 505 g/mol. The maximum absolute atomic E-state index is 13.3. The minimum Gasteiger partial charge on any atom is -0.493 e. The second kappa shape index (κ2) is 12.5. The number of carbonyl (C=O) groups is 2. The van der Waals surface area contributed by atoms with E-state index in [1.165, 1.54) is 0 Å². The van der Waals surface area contributed by atoms with Crippen molar-refractivity contribution in [2.75, 3.05) is 14.2 Å². The zero-order chi connectivity index (χ0) is 23.7. The van der Waals surface area contributed by atoms with Gasteiger partial charge in [0.25, 0.3) is 0 Å². The van der Waals surface area contributed by atoms with Crippen LogP contribution in [0.25, 0.3) is 0 Å². The highest BCUT2D eigenvalue weighted by atomic mass is 79.9. The van der Waals surface area contributed by atoms with Crippen LogP contribution in [0.15, 0.2) is 46.9 Å². The van der Waals surface area contributed by atoms with Gasteiger partial charge in [-0.1, -0.05) is 41.1 Å². The van der Waals surface area contributed by atoms with Crippen molar-refractivity contribution < 1.29 is 19.1 Å². The number of hydrogen-bond acceptors (Lipinski definition) is 4. The summed E-state index contributed by atoms with van der Waals surface area (Å²) in [7, 11) is 3.18. The van der Waals surface area contributed by atoms with Crippen LogP contribution in [0.2, 0.25) is 0 Å². The molecule has 2 aromatic rings. The number of ether oxygens (including phenoxy) is 2. The van der Waals surface area contributed by atoms with Crippen LogP contribution in [-0.4, -0.2) is 43.0 Å². The molecule has 174 valence electrons. The maximum atomic E-state index is 13.3. The van der Waals surface area contributed by atoms with Gasteiger partial charge in [0.2, 0.25) is 11.8 Å². The molecule has 2 aromatic carbocycles. The lowest BCUT2D eigenvalue weighted by atomic mass is 10.1. The van der Waals surface area contributed by atoms with E-state index in [0.29, 0.717) is 24.5 Å². The average Bonchev–Trinajstić information content (AvgIpc) is 2.80. The number of nitrogens with one attached hydrogen (secondary N) is 1. The molecule has 0 fully saturated rings. The predicted molar refractivity (Wildman–Crippen MR) is 130 cm³/mol. The molecule has 0 spiro atoms. The Morgan fingerprint density at radius 2 is 1.75 bits per heavy atom. The van der Waals surface area contributed by atoms with E-state index in [1.807, 2.05) is 56.3 Å². The van der Waals surface area contributed by atoms with Crippen molar-refractivity contribution in [3.8, 4) is 11.5 Å². The first-order valence-corrected chi connectivity index (χ1v) is 11.6. The van der Waals surface area contributed by atoms with E-state index in [0.717, 1.165) is 22.0 Å². The largest absolute Gasteiger partial charge is 0.493 e. The third-order valence-corrected chi connectivity index (χ3v) is 5.98. The molecule has 1 N–H and O–H groups in total. The Kier molecular flexibility index (Phi) is 10.0. The fourth-order valence-electron chi connectivity index (χ4n) is 3.31. The molecule has 2 atom stereocenters. The second-order valence-electron chi connectivity index (χ2n) is 7.83. The third kappa shape index (κ3) is 7.26. The maximum Gasteiger partial charge on any atom is 0.242 e. The molecule has 0 saturated carbocycles. The summed E-state index contributed by atoms with van der Waals surface area (Å²) < 4.78 is 11.6. The molecule has 0 heterocycles. The molecule has 2 amide bonds. The lowest BCUT2D eigenvalue weighted by Crippen LogP contribution is -2.49. The summed E-state index contributed by atoms with van der Waals surface area (Å²) in [6.07, 6.45) is 1.65. The Bertz CT molecular complexity index is 919. The molecule has 0 aliphatic carbocycles. The number of carbonyl (C=O) groups excluding carboxylic acids is 2. The van der Waals surface area contributed by atoms with Gasteiger partial charge in [0, 0.05) is 23.5 Å². The molecule has 0 aliphatic rings. The van der Waals surface area contributed by atoms with Crippen LogP contribution in [-0.2, 0) is 22.6 Å². The molecule has 0 saturated heterocycles. The minimum absolute atomic E-state index is 0.0551. The molecule has 2 rings (SSSR count). The van der Waals surface area contributed by atoms with Gasteiger partial charge in [0.15, 0.2) is 11.5 Å². The summed E-state index contributed by atoms with van der Waals surface area (Å²) in [5.41, 5.74) is 1.93. The van der Waals surface area contributed by atoms with Gasteiger partial charge in [-0.05, 0) is 62.1 Å². The standard InChI is InChI=1S/C25H33BrN2O4/c1-6-17(2)27-25(30)18(3)28(16-20-8-7-9-21(26)14-20)24(29)13-11-19-10-12-22(31-4)23(15-19)32-5/h7-10,12,14-15,17-18H,6,11,13,16H2,1-5H3,(H,27,30)/t17-,18+/m1/s1. The van der Waals surface area contributed by atoms with Gasteiger partial charge >= 0.3 is 0 Å². The van der Waals surface area contributed by atoms with Gasteiger partial charge in [-0.3, -0.25) is 9.59 Å². The zero-order valence-corrected chi connectivity index (χ0v) is 21.1. The van der Waals surface area contributed by atoms with E-state index < -0.39 is 6.04 Å². The first-order chi connectivity index (χ1) is 15.3. The van der Waals surface area contributed by atoms with Crippen LogP contribution in [0.1, 0.15) is 44.7 Å². The van der Waals surface area contributed by atoms with Crippen molar-refractivity contribution in [3.05, 3.63) is 58.1 Å². The molecule has 6 nitrogen and oxygen atoms in total.